The lowest BCUT2D eigenvalue weighted by Crippen LogP contribution is -2.15. The zero-order valence-corrected chi connectivity index (χ0v) is 26.1. The molecule has 1 fully saturated rings. The average molecular weight is 571 g/mol. The Kier molecular flexibility index (Phi) is 14.4. The Balaban J connectivity index is 1.50. The van der Waals surface area contributed by atoms with Crippen LogP contribution in [0.15, 0.2) is 36.4 Å². The van der Waals surface area contributed by atoms with Crippen molar-refractivity contribution in [3.8, 4) is 23.6 Å². The lowest BCUT2D eigenvalue weighted by molar-refractivity contribution is 0.0734. The molecule has 3 rings (SSSR count). The molecule has 0 saturated heterocycles. The molecule has 1 aliphatic rings. The van der Waals surface area contributed by atoms with E-state index >= 15 is 0 Å². The highest BCUT2D eigenvalue weighted by atomic mass is 16.5. The summed E-state index contributed by atoms with van der Waals surface area (Å²) in [6, 6.07) is 14.7. The number of hydrogen-bond donors (Lipinski definition) is 0. The first kappa shape index (κ1) is 33.2. The number of carbonyl (C=O) groups is 1. The Hall–Kier alpha value is -3.31. The summed E-state index contributed by atoms with van der Waals surface area (Å²) in [5.41, 5.74) is 1.69. The van der Waals surface area contributed by atoms with Crippen LogP contribution in [0.4, 0.5) is 0 Å². The molecule has 1 atom stereocenters. The Labute approximate surface area is 254 Å². The number of rotatable bonds is 17. The lowest BCUT2D eigenvalue weighted by atomic mass is 9.77. The maximum atomic E-state index is 12.9. The molecule has 0 aromatic heterocycles. The molecule has 0 radical (unpaired) electrons. The monoisotopic (exact) mass is 570 g/mol. The van der Waals surface area contributed by atoms with Crippen LogP contribution in [0.3, 0.4) is 0 Å². The Morgan fingerprint density at radius 1 is 0.857 bits per heavy atom. The minimum atomic E-state index is -0.560. The third kappa shape index (κ3) is 10.5. The number of unbranched alkanes of at least 4 members (excludes halogenated alkanes) is 4. The summed E-state index contributed by atoms with van der Waals surface area (Å²) in [4.78, 5) is 12.9. The molecule has 2 aromatic rings. The number of nitrogens with zero attached hydrogens (tertiary/aromatic N) is 2. The molecule has 226 valence electrons. The molecule has 0 bridgehead atoms. The highest BCUT2D eigenvalue weighted by Gasteiger charge is 2.22. The van der Waals surface area contributed by atoms with Crippen LogP contribution >= 0.6 is 0 Å². The molecular formula is C37H50N2O3. The predicted octanol–water partition coefficient (Wildman–Crippen LogP) is 9.95. The van der Waals surface area contributed by atoms with Crippen molar-refractivity contribution in [3.63, 3.8) is 0 Å². The van der Waals surface area contributed by atoms with Gasteiger partial charge in [-0.05, 0) is 72.9 Å². The smallest absolute Gasteiger partial charge is 0.343 e. The molecule has 0 N–H and O–H groups in total. The standard InChI is InChI=1S/C37H50N2O3/c1-4-6-8-12-29-13-15-30(16-14-29)17-18-31-21-24-36(35(27-39)34(31)26-38)42-37(40)32-19-22-33(23-20-32)41-25-10-7-9-11-28(3)5-2/h19-24,28-30H,4-18,25H2,1-3H3/t28-,29-,30-/m0/s1. The molecule has 2 aromatic carbocycles. The van der Waals surface area contributed by atoms with Gasteiger partial charge in [-0.15, -0.1) is 0 Å². The minimum Gasteiger partial charge on any atom is -0.494 e. The highest BCUT2D eigenvalue weighted by molar-refractivity contribution is 5.91. The fourth-order valence-corrected chi connectivity index (χ4v) is 6.02. The van der Waals surface area contributed by atoms with E-state index in [4.69, 9.17) is 9.47 Å². The summed E-state index contributed by atoms with van der Waals surface area (Å²) >= 11 is 0. The van der Waals surface area contributed by atoms with Gasteiger partial charge in [0, 0.05) is 0 Å². The summed E-state index contributed by atoms with van der Waals surface area (Å²) in [6.45, 7) is 7.44. The van der Waals surface area contributed by atoms with Crippen LogP contribution in [0.2, 0.25) is 0 Å². The topological polar surface area (TPSA) is 83.1 Å². The van der Waals surface area contributed by atoms with Gasteiger partial charge in [0.2, 0.25) is 0 Å². The van der Waals surface area contributed by atoms with E-state index < -0.39 is 5.97 Å². The second kappa shape index (κ2) is 18.3. The maximum absolute atomic E-state index is 12.9. The lowest BCUT2D eigenvalue weighted by Gasteiger charge is -2.28. The van der Waals surface area contributed by atoms with Crippen LogP contribution in [0, 0.1) is 40.4 Å². The summed E-state index contributed by atoms with van der Waals surface area (Å²) in [5, 5.41) is 19.8. The van der Waals surface area contributed by atoms with Gasteiger partial charge in [-0.1, -0.05) is 104 Å². The zero-order valence-electron chi connectivity index (χ0n) is 26.1. The third-order valence-electron chi connectivity index (χ3n) is 9.08. The van der Waals surface area contributed by atoms with E-state index in [9.17, 15) is 15.3 Å². The largest absolute Gasteiger partial charge is 0.494 e. The summed E-state index contributed by atoms with van der Waals surface area (Å²) in [5.74, 6) is 2.62. The van der Waals surface area contributed by atoms with Gasteiger partial charge in [-0.3, -0.25) is 0 Å². The van der Waals surface area contributed by atoms with Crippen LogP contribution in [-0.4, -0.2) is 12.6 Å². The average Bonchev–Trinajstić information content (AvgIpc) is 3.02. The Bertz CT molecular complexity index is 1180. The van der Waals surface area contributed by atoms with Crippen LogP contribution in [0.1, 0.15) is 138 Å². The van der Waals surface area contributed by atoms with Gasteiger partial charge in [0.1, 0.15) is 29.2 Å². The van der Waals surface area contributed by atoms with Crippen molar-refractivity contribution < 1.29 is 14.3 Å². The molecule has 42 heavy (non-hydrogen) atoms. The maximum Gasteiger partial charge on any atom is 0.343 e. The fourth-order valence-electron chi connectivity index (χ4n) is 6.02. The van der Waals surface area contributed by atoms with Gasteiger partial charge in [0.15, 0.2) is 0 Å². The first-order valence-corrected chi connectivity index (χ1v) is 16.4. The molecule has 0 spiro atoms. The number of benzene rings is 2. The molecule has 5 heteroatoms. The van der Waals surface area contributed by atoms with E-state index in [2.05, 4.69) is 32.9 Å². The first-order valence-electron chi connectivity index (χ1n) is 16.4. The van der Waals surface area contributed by atoms with E-state index in [-0.39, 0.29) is 11.3 Å². The van der Waals surface area contributed by atoms with Gasteiger partial charge in [0.25, 0.3) is 0 Å². The molecule has 0 aliphatic heterocycles. The minimum absolute atomic E-state index is 0.133. The highest BCUT2D eigenvalue weighted by Crippen LogP contribution is 2.35. The van der Waals surface area contributed by atoms with E-state index in [1.54, 1.807) is 30.3 Å². The van der Waals surface area contributed by atoms with Gasteiger partial charge >= 0.3 is 5.97 Å². The SMILES string of the molecule is CCCCC[C@H]1CC[C@H](CCc2ccc(OC(=O)c3ccc(OCCCCC[C@@H](C)CC)cc3)c(C#N)c2C#N)CC1. The van der Waals surface area contributed by atoms with E-state index in [1.165, 1.54) is 70.6 Å². The van der Waals surface area contributed by atoms with Crippen LogP contribution < -0.4 is 9.47 Å². The second-order valence-corrected chi connectivity index (χ2v) is 12.2. The van der Waals surface area contributed by atoms with Gasteiger partial charge in [0.05, 0.1) is 17.7 Å². The number of nitriles is 2. The van der Waals surface area contributed by atoms with Crippen molar-refractivity contribution in [1.29, 1.82) is 10.5 Å². The van der Waals surface area contributed by atoms with Crippen LogP contribution in [0.25, 0.3) is 0 Å². The van der Waals surface area contributed by atoms with Crippen molar-refractivity contribution in [1.82, 2.24) is 0 Å². The predicted molar refractivity (Wildman–Crippen MR) is 169 cm³/mol. The number of esters is 1. The van der Waals surface area contributed by atoms with Crippen LogP contribution in [0.5, 0.6) is 11.5 Å². The molecule has 0 heterocycles. The Morgan fingerprint density at radius 2 is 1.55 bits per heavy atom. The van der Waals surface area contributed by atoms with Crippen molar-refractivity contribution in [2.75, 3.05) is 6.61 Å². The zero-order chi connectivity index (χ0) is 30.2. The Morgan fingerprint density at radius 3 is 2.19 bits per heavy atom. The van der Waals surface area contributed by atoms with Crippen LogP contribution in [-0.2, 0) is 6.42 Å². The number of hydrogen-bond acceptors (Lipinski definition) is 5. The van der Waals surface area contributed by atoms with E-state index in [0.29, 0.717) is 29.4 Å². The molecular weight excluding hydrogens is 520 g/mol. The van der Waals surface area contributed by atoms with Crippen molar-refractivity contribution in [3.05, 3.63) is 58.7 Å². The first-order chi connectivity index (χ1) is 20.5. The van der Waals surface area contributed by atoms with Crippen molar-refractivity contribution >= 4 is 5.97 Å². The number of ether oxygens (including phenoxy) is 2. The second-order valence-electron chi connectivity index (χ2n) is 12.2. The van der Waals surface area contributed by atoms with Gasteiger partial charge < -0.3 is 9.47 Å². The third-order valence-corrected chi connectivity index (χ3v) is 9.08. The number of aryl methyl sites for hydroxylation is 1. The summed E-state index contributed by atoms with van der Waals surface area (Å²) < 4.78 is 11.4. The number of carbonyl (C=O) groups excluding carboxylic acids is 1. The van der Waals surface area contributed by atoms with Crippen molar-refractivity contribution in [2.45, 2.75) is 117 Å². The van der Waals surface area contributed by atoms with Gasteiger partial charge in [-0.25, -0.2) is 4.79 Å². The molecule has 1 saturated carbocycles. The quantitative estimate of drug-likeness (QED) is 0.107. The normalized spacial score (nSPS) is 17.2. The van der Waals surface area contributed by atoms with Gasteiger partial charge in [-0.2, -0.15) is 10.5 Å². The molecule has 5 nitrogen and oxygen atoms in total. The molecule has 1 aliphatic carbocycles. The molecule has 0 amide bonds. The van der Waals surface area contributed by atoms with Crippen molar-refractivity contribution in [2.24, 2.45) is 17.8 Å². The summed E-state index contributed by atoms with van der Waals surface area (Å²) in [6.07, 6.45) is 18.1. The van der Waals surface area contributed by atoms with E-state index in [0.717, 1.165) is 43.1 Å². The van der Waals surface area contributed by atoms with E-state index in [1.807, 2.05) is 6.07 Å². The summed E-state index contributed by atoms with van der Waals surface area (Å²) in [7, 11) is 0. The molecule has 0 unspecified atom stereocenters. The fraction of sp³-hybridized carbons (Fsp3) is 0.595.